The van der Waals surface area contributed by atoms with E-state index in [1.165, 1.54) is 18.2 Å². The molecule has 1 rings (SSSR count). The molecule has 0 aromatic heterocycles. The Morgan fingerprint density at radius 2 is 2.00 bits per heavy atom. The first kappa shape index (κ1) is 17.1. The summed E-state index contributed by atoms with van der Waals surface area (Å²) in [5.41, 5.74) is -0.460. The van der Waals surface area contributed by atoms with E-state index in [2.05, 4.69) is 0 Å². The number of hydrogen-bond donors (Lipinski definition) is 0. The van der Waals surface area contributed by atoms with Gasteiger partial charge in [0.25, 0.3) is 0 Å². The fourth-order valence-electron chi connectivity index (χ4n) is 1.65. The minimum Gasteiger partial charge on any atom is -0.478 e. The molecular formula is C12H13F3N2O3S. The highest BCUT2D eigenvalue weighted by atomic mass is 32.2. The largest absolute Gasteiger partial charge is 0.478 e. The maximum absolute atomic E-state index is 12.7. The fourth-order valence-corrected chi connectivity index (χ4v) is 2.18. The lowest BCUT2D eigenvalue weighted by molar-refractivity contribution is -0.127. The molecule has 0 heterocycles. The summed E-state index contributed by atoms with van der Waals surface area (Å²) >= 11 is 0. The number of nitriles is 1. The molecule has 0 aliphatic carbocycles. The highest BCUT2D eigenvalue weighted by Gasteiger charge is 2.32. The highest BCUT2D eigenvalue weighted by molar-refractivity contribution is 7.92. The molecule has 0 unspecified atom stereocenters. The number of benzene rings is 1. The molecule has 0 atom stereocenters. The summed E-state index contributed by atoms with van der Waals surface area (Å²) in [5.74, 6) is -0.165. The van der Waals surface area contributed by atoms with Crippen molar-refractivity contribution in [3.8, 4) is 11.8 Å². The van der Waals surface area contributed by atoms with E-state index < -0.39 is 29.2 Å². The van der Waals surface area contributed by atoms with Crippen LogP contribution in [0.2, 0.25) is 0 Å². The van der Waals surface area contributed by atoms with Crippen LogP contribution in [0.3, 0.4) is 0 Å². The van der Waals surface area contributed by atoms with Gasteiger partial charge in [0.05, 0.1) is 18.4 Å². The molecule has 1 aromatic carbocycles. The van der Waals surface area contributed by atoms with Crippen LogP contribution in [-0.4, -0.2) is 34.5 Å². The predicted octanol–water partition coefficient (Wildman–Crippen LogP) is 2.09. The van der Waals surface area contributed by atoms with Crippen molar-refractivity contribution in [1.82, 2.24) is 0 Å². The summed E-state index contributed by atoms with van der Waals surface area (Å²) in [6, 6.07) is 5.53. The molecular weight excluding hydrogens is 309 g/mol. The van der Waals surface area contributed by atoms with Gasteiger partial charge in [0.15, 0.2) is 6.61 Å². The zero-order valence-corrected chi connectivity index (χ0v) is 12.1. The van der Waals surface area contributed by atoms with E-state index in [4.69, 9.17) is 10.00 Å². The van der Waals surface area contributed by atoms with Crippen LogP contribution >= 0.6 is 0 Å². The normalized spacial score (nSPS) is 11.8. The number of alkyl halides is 3. The lowest BCUT2D eigenvalue weighted by Crippen LogP contribution is -2.27. The van der Waals surface area contributed by atoms with Gasteiger partial charge in [0.1, 0.15) is 11.8 Å². The monoisotopic (exact) mass is 322 g/mol. The van der Waals surface area contributed by atoms with Crippen LogP contribution in [0.5, 0.6) is 5.75 Å². The summed E-state index contributed by atoms with van der Waals surface area (Å²) < 4.78 is 66.8. The van der Waals surface area contributed by atoms with Gasteiger partial charge in [-0.3, -0.25) is 4.31 Å². The van der Waals surface area contributed by atoms with Crippen molar-refractivity contribution in [3.63, 3.8) is 0 Å². The number of ether oxygens (including phenoxy) is 1. The summed E-state index contributed by atoms with van der Waals surface area (Å²) in [6.07, 6.45) is -5.02. The molecule has 116 valence electrons. The average molecular weight is 322 g/mol. The predicted molar refractivity (Wildman–Crippen MR) is 70.6 cm³/mol. The van der Waals surface area contributed by atoms with Gasteiger partial charge in [-0.15, -0.1) is 0 Å². The van der Waals surface area contributed by atoms with Crippen molar-refractivity contribution in [2.24, 2.45) is 0 Å². The van der Waals surface area contributed by atoms with Gasteiger partial charge in [-0.25, -0.2) is 8.42 Å². The third kappa shape index (κ3) is 4.82. The Hall–Kier alpha value is -1.95. The van der Waals surface area contributed by atoms with Gasteiger partial charge in [0, 0.05) is 12.6 Å². The van der Waals surface area contributed by atoms with Gasteiger partial charge in [-0.05, 0) is 12.1 Å². The molecule has 0 bridgehead atoms. The first-order chi connectivity index (χ1) is 9.56. The van der Waals surface area contributed by atoms with E-state index in [9.17, 15) is 21.6 Å². The number of hydrogen-bond acceptors (Lipinski definition) is 4. The van der Waals surface area contributed by atoms with E-state index in [1.807, 2.05) is 0 Å². The average Bonchev–Trinajstić information content (AvgIpc) is 2.33. The van der Waals surface area contributed by atoms with Crippen LogP contribution < -0.4 is 9.04 Å². The van der Waals surface area contributed by atoms with Crippen LogP contribution in [0.4, 0.5) is 18.9 Å². The van der Waals surface area contributed by atoms with Crippen molar-refractivity contribution in [2.45, 2.75) is 12.6 Å². The number of rotatable bonds is 5. The number of halogens is 3. The summed E-state index contributed by atoms with van der Waals surface area (Å²) in [6.45, 7) is -0.434. The van der Waals surface area contributed by atoms with Gasteiger partial charge in [-0.1, -0.05) is 6.07 Å². The van der Waals surface area contributed by atoms with E-state index in [-0.39, 0.29) is 17.0 Å². The minimum atomic E-state index is -4.54. The maximum Gasteiger partial charge on any atom is 0.393 e. The first-order valence-electron chi connectivity index (χ1n) is 5.68. The third-order valence-electron chi connectivity index (χ3n) is 2.61. The second kappa shape index (κ2) is 6.22. The number of sulfonamides is 1. The molecule has 1 aromatic rings. The van der Waals surface area contributed by atoms with Gasteiger partial charge >= 0.3 is 6.18 Å². The Morgan fingerprint density at radius 3 is 2.48 bits per heavy atom. The quantitative estimate of drug-likeness (QED) is 0.832. The summed E-state index contributed by atoms with van der Waals surface area (Å²) in [4.78, 5) is 0. The zero-order chi connectivity index (χ0) is 16.3. The minimum absolute atomic E-state index is 0.134. The van der Waals surface area contributed by atoms with Crippen molar-refractivity contribution in [3.05, 3.63) is 23.8 Å². The molecule has 0 radical (unpaired) electrons. The number of anilines is 1. The van der Waals surface area contributed by atoms with Crippen molar-refractivity contribution in [1.29, 1.82) is 5.26 Å². The van der Waals surface area contributed by atoms with Crippen LogP contribution in [0.1, 0.15) is 5.56 Å². The third-order valence-corrected chi connectivity index (χ3v) is 3.81. The molecule has 0 aliphatic heterocycles. The van der Waals surface area contributed by atoms with Gasteiger partial charge in [0.2, 0.25) is 10.0 Å². The molecule has 0 saturated heterocycles. The van der Waals surface area contributed by atoms with E-state index in [0.717, 1.165) is 17.6 Å². The summed E-state index contributed by atoms with van der Waals surface area (Å²) in [5, 5.41) is 8.46. The Balaban J connectivity index is 3.39. The topological polar surface area (TPSA) is 70.4 Å². The van der Waals surface area contributed by atoms with E-state index in [0.29, 0.717) is 0 Å². The lowest BCUT2D eigenvalue weighted by atomic mass is 10.1. The number of nitrogens with zero attached hydrogens (tertiary/aromatic N) is 2. The van der Waals surface area contributed by atoms with Crippen LogP contribution in [0, 0.1) is 11.3 Å². The molecule has 0 amide bonds. The molecule has 0 aliphatic rings. The molecule has 0 spiro atoms. The van der Waals surface area contributed by atoms with Crippen LogP contribution in [0.15, 0.2) is 18.2 Å². The van der Waals surface area contributed by atoms with Crippen molar-refractivity contribution in [2.75, 3.05) is 24.2 Å². The maximum atomic E-state index is 12.7. The SMILES string of the molecule is CN(c1cccc(OCC#N)c1CC(F)(F)F)S(C)(=O)=O. The van der Waals surface area contributed by atoms with E-state index in [1.54, 1.807) is 6.07 Å². The Labute approximate surface area is 120 Å². The first-order valence-corrected chi connectivity index (χ1v) is 7.53. The standard InChI is InChI=1S/C12H13F3N2O3S/c1-17(21(2,18)19)10-4-3-5-11(20-7-6-16)9(10)8-12(13,14)15/h3-5H,7-8H2,1-2H3. The Bertz CT molecular complexity index is 651. The van der Waals surface area contributed by atoms with Gasteiger partial charge in [-0.2, -0.15) is 18.4 Å². The van der Waals surface area contributed by atoms with Crippen molar-refractivity contribution < 1.29 is 26.3 Å². The lowest BCUT2D eigenvalue weighted by Gasteiger charge is -2.22. The Kier molecular flexibility index (Phi) is 5.06. The second-order valence-electron chi connectivity index (χ2n) is 4.22. The second-order valence-corrected chi connectivity index (χ2v) is 6.24. The zero-order valence-electron chi connectivity index (χ0n) is 11.3. The smallest absolute Gasteiger partial charge is 0.393 e. The molecule has 0 saturated carbocycles. The molecule has 0 N–H and O–H groups in total. The van der Waals surface area contributed by atoms with Crippen LogP contribution in [-0.2, 0) is 16.4 Å². The Morgan fingerprint density at radius 1 is 1.38 bits per heavy atom. The fraction of sp³-hybridized carbons (Fsp3) is 0.417. The van der Waals surface area contributed by atoms with Gasteiger partial charge < -0.3 is 4.74 Å². The highest BCUT2D eigenvalue weighted by Crippen LogP contribution is 2.35. The molecule has 5 nitrogen and oxygen atoms in total. The molecule has 9 heteroatoms. The summed E-state index contributed by atoms with van der Waals surface area (Å²) in [7, 11) is -2.57. The van der Waals surface area contributed by atoms with Crippen molar-refractivity contribution >= 4 is 15.7 Å². The molecule has 21 heavy (non-hydrogen) atoms. The van der Waals surface area contributed by atoms with Crippen LogP contribution in [0.25, 0.3) is 0 Å². The molecule has 0 fully saturated rings. The van der Waals surface area contributed by atoms with E-state index >= 15 is 0 Å².